The van der Waals surface area contributed by atoms with Crippen LogP contribution in [0.4, 0.5) is 0 Å². The maximum absolute atomic E-state index is 13.3. The first-order valence-electron chi connectivity index (χ1n) is 11.2. The van der Waals surface area contributed by atoms with Gasteiger partial charge in [-0.2, -0.15) is 0 Å². The molecule has 6 nitrogen and oxygen atoms in total. The number of hydrogen-bond donors (Lipinski definition) is 2. The Morgan fingerprint density at radius 1 is 0.941 bits per heavy atom. The monoisotopic (exact) mass is 450 g/mol. The second-order valence-corrected chi connectivity index (χ2v) is 8.55. The molecule has 1 aromatic heterocycles. The summed E-state index contributed by atoms with van der Waals surface area (Å²) >= 11 is 0. The fourth-order valence-electron chi connectivity index (χ4n) is 4.75. The molecule has 2 N–H and O–H groups in total. The number of H-pyrrole nitrogens is 1. The summed E-state index contributed by atoms with van der Waals surface area (Å²) < 4.78 is 11.1. The summed E-state index contributed by atoms with van der Waals surface area (Å²) in [5.41, 5.74) is 5.75. The zero-order valence-electron chi connectivity index (χ0n) is 18.3. The minimum absolute atomic E-state index is 0.00105. The van der Waals surface area contributed by atoms with Crippen LogP contribution < -0.4 is 14.8 Å². The molecule has 168 valence electrons. The van der Waals surface area contributed by atoms with Gasteiger partial charge in [-0.25, -0.2) is 0 Å². The van der Waals surface area contributed by atoms with Crippen LogP contribution in [0.2, 0.25) is 0 Å². The Kier molecular flexibility index (Phi) is 5.00. The average molecular weight is 450 g/mol. The third-order valence-electron chi connectivity index (χ3n) is 6.50. The van der Waals surface area contributed by atoms with Gasteiger partial charge in [0.15, 0.2) is 17.3 Å². The van der Waals surface area contributed by atoms with Crippen LogP contribution in [-0.4, -0.2) is 29.9 Å². The third-order valence-corrected chi connectivity index (χ3v) is 6.50. The average Bonchev–Trinajstić information content (AvgIpc) is 3.51. The molecule has 34 heavy (non-hydrogen) atoms. The van der Waals surface area contributed by atoms with Crippen LogP contribution in [0.3, 0.4) is 0 Å². The van der Waals surface area contributed by atoms with E-state index in [1.807, 2.05) is 42.5 Å². The van der Waals surface area contributed by atoms with Crippen LogP contribution >= 0.6 is 0 Å². The highest BCUT2D eigenvalue weighted by molar-refractivity contribution is 5.99. The normalized spacial score (nSPS) is 18.8. The molecule has 0 aliphatic carbocycles. The van der Waals surface area contributed by atoms with Crippen molar-refractivity contribution in [1.82, 2.24) is 10.3 Å². The van der Waals surface area contributed by atoms with Crippen molar-refractivity contribution < 1.29 is 19.1 Å². The number of carbonyl (C=O) groups is 2. The molecule has 0 fully saturated rings. The van der Waals surface area contributed by atoms with E-state index in [0.29, 0.717) is 17.7 Å². The Morgan fingerprint density at radius 3 is 2.59 bits per heavy atom. The number of ether oxygens (including phenoxy) is 2. The molecular formula is C28H22N2O4. The van der Waals surface area contributed by atoms with Gasteiger partial charge in [-0.05, 0) is 47.4 Å². The molecule has 3 heterocycles. The number of aromatic amines is 1. The van der Waals surface area contributed by atoms with Crippen LogP contribution in [0, 0.1) is 0 Å². The van der Waals surface area contributed by atoms with Crippen molar-refractivity contribution in [2.24, 2.45) is 0 Å². The Labute approximate surface area is 196 Å². The number of para-hydroxylation sites is 1. The Morgan fingerprint density at radius 2 is 1.74 bits per heavy atom. The highest BCUT2D eigenvalue weighted by atomic mass is 16.7. The van der Waals surface area contributed by atoms with Crippen LogP contribution in [-0.2, 0) is 11.2 Å². The van der Waals surface area contributed by atoms with Crippen molar-refractivity contribution in [2.45, 2.75) is 18.5 Å². The summed E-state index contributed by atoms with van der Waals surface area (Å²) in [4.78, 5) is 27.7. The molecule has 0 radical (unpaired) electrons. The number of aromatic nitrogens is 1. The van der Waals surface area contributed by atoms with Gasteiger partial charge in [0.1, 0.15) is 6.29 Å². The number of aldehydes is 1. The first-order chi connectivity index (χ1) is 16.7. The molecular weight excluding hydrogens is 428 g/mol. The molecule has 6 heteroatoms. The summed E-state index contributed by atoms with van der Waals surface area (Å²) in [6.45, 7) is 0.217. The molecule has 4 aromatic rings. The van der Waals surface area contributed by atoms with Gasteiger partial charge in [-0.3, -0.25) is 14.9 Å². The third kappa shape index (κ3) is 3.58. The highest BCUT2D eigenvalue weighted by Crippen LogP contribution is 2.39. The van der Waals surface area contributed by atoms with Gasteiger partial charge in [0.05, 0.1) is 12.1 Å². The number of carbonyl (C=O) groups excluding carboxylic acids is 2. The van der Waals surface area contributed by atoms with Crippen LogP contribution in [0.15, 0.2) is 72.8 Å². The number of nitrogens with one attached hydrogen (secondary N) is 2. The molecule has 0 amide bonds. The fourth-order valence-corrected chi connectivity index (χ4v) is 4.75. The second-order valence-electron chi connectivity index (χ2n) is 8.55. The van der Waals surface area contributed by atoms with E-state index < -0.39 is 0 Å². The molecule has 0 saturated heterocycles. The van der Waals surface area contributed by atoms with Gasteiger partial charge in [0.25, 0.3) is 0 Å². The van der Waals surface area contributed by atoms with Crippen LogP contribution in [0.5, 0.6) is 11.5 Å². The summed E-state index contributed by atoms with van der Waals surface area (Å²) in [6.07, 6.45) is 4.80. The number of ketones is 1. The molecule has 6 rings (SSSR count). The first kappa shape index (κ1) is 20.4. The lowest BCUT2D eigenvalue weighted by molar-refractivity contribution is -0.116. The molecule has 0 spiro atoms. The number of hydrogen-bond acceptors (Lipinski definition) is 5. The van der Waals surface area contributed by atoms with Crippen LogP contribution in [0.1, 0.15) is 38.8 Å². The lowest BCUT2D eigenvalue weighted by Gasteiger charge is -2.30. The topological polar surface area (TPSA) is 80.4 Å². The van der Waals surface area contributed by atoms with Gasteiger partial charge in [-0.15, -0.1) is 0 Å². The lowest BCUT2D eigenvalue weighted by Crippen LogP contribution is -2.44. The summed E-state index contributed by atoms with van der Waals surface area (Å²) in [7, 11) is 0. The summed E-state index contributed by atoms with van der Waals surface area (Å²) in [5.74, 6) is 1.44. The minimum Gasteiger partial charge on any atom is -0.454 e. The van der Waals surface area contributed by atoms with Crippen LogP contribution in [0.25, 0.3) is 17.0 Å². The Bertz CT molecular complexity index is 1430. The number of benzene rings is 3. The van der Waals surface area contributed by atoms with E-state index in [2.05, 4.69) is 22.4 Å². The molecule has 3 aromatic carbocycles. The van der Waals surface area contributed by atoms with Crippen molar-refractivity contribution in [2.75, 3.05) is 6.79 Å². The number of rotatable bonds is 5. The molecule has 2 atom stereocenters. The maximum Gasteiger partial charge on any atom is 0.231 e. The molecule has 0 saturated carbocycles. The van der Waals surface area contributed by atoms with Gasteiger partial charge < -0.3 is 14.5 Å². The SMILES string of the molecule is O=Cc1ccc(C=CC(=O)C2Cc3c([nH]c4ccccc34)C(c3ccc4c(c3)OCO4)N2)cc1. The van der Waals surface area contributed by atoms with Gasteiger partial charge in [-0.1, -0.05) is 54.6 Å². The van der Waals surface area contributed by atoms with E-state index in [-0.39, 0.29) is 24.7 Å². The first-order valence-corrected chi connectivity index (χ1v) is 11.2. The number of fused-ring (bicyclic) bond motifs is 4. The molecule has 2 aliphatic rings. The van der Waals surface area contributed by atoms with E-state index in [9.17, 15) is 9.59 Å². The van der Waals surface area contributed by atoms with Crippen molar-refractivity contribution in [1.29, 1.82) is 0 Å². The van der Waals surface area contributed by atoms with Crippen molar-refractivity contribution in [3.63, 3.8) is 0 Å². The van der Waals surface area contributed by atoms with E-state index >= 15 is 0 Å². The van der Waals surface area contributed by atoms with E-state index in [4.69, 9.17) is 9.47 Å². The molecule has 2 aliphatic heterocycles. The zero-order valence-corrected chi connectivity index (χ0v) is 18.3. The predicted molar refractivity (Wildman–Crippen MR) is 129 cm³/mol. The summed E-state index contributed by atoms with van der Waals surface area (Å²) in [6, 6.07) is 20.6. The molecule has 2 unspecified atom stereocenters. The van der Waals surface area contributed by atoms with Crippen molar-refractivity contribution in [3.8, 4) is 11.5 Å². The second kappa shape index (κ2) is 8.32. The Balaban J connectivity index is 1.35. The highest BCUT2D eigenvalue weighted by Gasteiger charge is 2.33. The predicted octanol–water partition coefficient (Wildman–Crippen LogP) is 4.60. The zero-order chi connectivity index (χ0) is 23.1. The minimum atomic E-state index is -0.382. The maximum atomic E-state index is 13.3. The van der Waals surface area contributed by atoms with Gasteiger partial charge in [0.2, 0.25) is 6.79 Å². The van der Waals surface area contributed by atoms with E-state index in [0.717, 1.165) is 45.3 Å². The standard InChI is InChI=1S/C28H22N2O4/c31-15-18-7-5-17(6-8-18)9-11-24(32)23-14-21-20-3-1-2-4-22(20)29-28(21)27(30-23)19-10-12-25-26(13-19)34-16-33-25/h1-13,15,23,27,29-30H,14,16H2. The van der Waals surface area contributed by atoms with E-state index in [1.54, 1.807) is 24.3 Å². The van der Waals surface area contributed by atoms with Crippen molar-refractivity contribution in [3.05, 3.63) is 101 Å². The fraction of sp³-hybridized carbons (Fsp3) is 0.143. The summed E-state index contributed by atoms with van der Waals surface area (Å²) in [5, 5.41) is 4.69. The Hall–Kier alpha value is -4.16. The van der Waals surface area contributed by atoms with Crippen molar-refractivity contribution >= 4 is 29.0 Å². The van der Waals surface area contributed by atoms with Gasteiger partial charge in [0, 0.05) is 22.2 Å². The molecule has 0 bridgehead atoms. The quantitative estimate of drug-likeness (QED) is 0.343. The lowest BCUT2D eigenvalue weighted by atomic mass is 9.88. The largest absolute Gasteiger partial charge is 0.454 e. The van der Waals surface area contributed by atoms with Gasteiger partial charge >= 0.3 is 0 Å². The van der Waals surface area contributed by atoms with E-state index in [1.165, 1.54) is 0 Å². The smallest absolute Gasteiger partial charge is 0.231 e.